The third kappa shape index (κ3) is 5.64. The van der Waals surface area contributed by atoms with E-state index in [1.54, 1.807) is 42.7 Å². The van der Waals surface area contributed by atoms with Crippen LogP contribution >= 0.6 is 11.6 Å². The van der Waals surface area contributed by atoms with Gasteiger partial charge in [-0.2, -0.15) is 4.98 Å². The van der Waals surface area contributed by atoms with Crippen LogP contribution in [0.25, 0.3) is 17.5 Å². The van der Waals surface area contributed by atoms with Gasteiger partial charge in [-0.3, -0.25) is 9.78 Å². The van der Waals surface area contributed by atoms with Gasteiger partial charge in [0.15, 0.2) is 11.5 Å². The summed E-state index contributed by atoms with van der Waals surface area (Å²) in [6.07, 6.45) is 6.37. The van der Waals surface area contributed by atoms with Gasteiger partial charge in [0.1, 0.15) is 6.04 Å². The minimum atomic E-state index is -0.450. The molecule has 2 aromatic heterocycles. The lowest BCUT2D eigenvalue weighted by Gasteiger charge is -2.17. The van der Waals surface area contributed by atoms with E-state index in [1.165, 1.54) is 13.2 Å². The summed E-state index contributed by atoms with van der Waals surface area (Å²) in [5.74, 6) is 1.45. The highest BCUT2D eigenvalue weighted by atomic mass is 35.5. The Kier molecular flexibility index (Phi) is 7.83. The molecule has 0 saturated carbocycles. The van der Waals surface area contributed by atoms with Crippen LogP contribution in [0.15, 0.2) is 47.3 Å². The summed E-state index contributed by atoms with van der Waals surface area (Å²) < 4.78 is 16.3. The van der Waals surface area contributed by atoms with Crippen molar-refractivity contribution in [3.05, 3.63) is 59.2 Å². The van der Waals surface area contributed by atoms with E-state index in [0.717, 1.165) is 5.56 Å². The van der Waals surface area contributed by atoms with Crippen LogP contribution in [0.3, 0.4) is 0 Å². The molecule has 0 radical (unpaired) electrons. The molecular weight excluding hydrogens is 432 g/mol. The Bertz CT molecular complexity index is 1080. The number of pyridine rings is 1. The van der Waals surface area contributed by atoms with E-state index in [9.17, 15) is 4.79 Å². The molecule has 0 aliphatic carbocycles. The first-order valence-corrected chi connectivity index (χ1v) is 10.5. The minimum absolute atomic E-state index is 0.0260. The Morgan fingerprint density at radius 2 is 2.03 bits per heavy atom. The van der Waals surface area contributed by atoms with Crippen molar-refractivity contribution in [3.8, 4) is 22.9 Å². The van der Waals surface area contributed by atoms with Gasteiger partial charge in [0.25, 0.3) is 0 Å². The number of nitrogens with zero attached hydrogens (tertiary/aromatic N) is 3. The number of rotatable bonds is 9. The topological polar surface area (TPSA) is 99.4 Å². The standard InChI is InChI=1S/C23H25ClN4O4/c1-5-31-21-17(24)12-15(13-18(21)30-4)6-7-19(29)26-20(14(2)3)23-27-22(28-32-23)16-8-10-25-11-9-16/h6-14,20H,5H2,1-4H3,(H,26,29)/b7-6+. The molecule has 0 bridgehead atoms. The quantitative estimate of drug-likeness (QED) is 0.465. The number of hydrogen-bond donors (Lipinski definition) is 1. The highest BCUT2D eigenvalue weighted by Gasteiger charge is 2.24. The van der Waals surface area contributed by atoms with Gasteiger partial charge in [-0.1, -0.05) is 30.6 Å². The van der Waals surface area contributed by atoms with Crippen LogP contribution in [0, 0.1) is 5.92 Å². The van der Waals surface area contributed by atoms with Gasteiger partial charge in [0, 0.05) is 24.0 Å². The van der Waals surface area contributed by atoms with Crippen molar-refractivity contribution in [2.75, 3.05) is 13.7 Å². The average Bonchev–Trinajstić information content (AvgIpc) is 3.28. The van der Waals surface area contributed by atoms with Crippen molar-refractivity contribution in [3.63, 3.8) is 0 Å². The number of aromatic nitrogens is 3. The average molecular weight is 457 g/mol. The number of amides is 1. The van der Waals surface area contributed by atoms with Crippen LogP contribution in [-0.2, 0) is 4.79 Å². The summed E-state index contributed by atoms with van der Waals surface area (Å²) in [6, 6.07) is 6.58. The van der Waals surface area contributed by atoms with Crippen LogP contribution in [-0.4, -0.2) is 34.7 Å². The van der Waals surface area contributed by atoms with Gasteiger partial charge < -0.3 is 19.3 Å². The maximum absolute atomic E-state index is 12.6. The molecule has 168 valence electrons. The zero-order valence-electron chi connectivity index (χ0n) is 18.3. The van der Waals surface area contributed by atoms with Crippen molar-refractivity contribution < 1.29 is 18.8 Å². The molecule has 0 saturated heterocycles. The summed E-state index contributed by atoms with van der Waals surface area (Å²) in [5.41, 5.74) is 1.48. The van der Waals surface area contributed by atoms with E-state index < -0.39 is 6.04 Å². The van der Waals surface area contributed by atoms with Crippen LogP contribution in [0.2, 0.25) is 5.02 Å². The summed E-state index contributed by atoms with van der Waals surface area (Å²) in [6.45, 7) is 6.25. The Morgan fingerprint density at radius 3 is 2.69 bits per heavy atom. The third-order valence-electron chi connectivity index (χ3n) is 4.58. The van der Waals surface area contributed by atoms with Crippen LogP contribution in [0.4, 0.5) is 0 Å². The number of nitrogens with one attached hydrogen (secondary N) is 1. The SMILES string of the molecule is CCOc1c(Cl)cc(/C=C/C(=O)NC(c2nc(-c3ccncc3)no2)C(C)C)cc1OC. The Morgan fingerprint density at radius 1 is 1.28 bits per heavy atom. The molecular formula is C23H25ClN4O4. The van der Waals surface area contributed by atoms with E-state index in [2.05, 4.69) is 20.4 Å². The number of methoxy groups -OCH3 is 1. The summed E-state index contributed by atoms with van der Waals surface area (Å²) in [5, 5.41) is 7.34. The summed E-state index contributed by atoms with van der Waals surface area (Å²) in [7, 11) is 1.53. The minimum Gasteiger partial charge on any atom is -0.493 e. The van der Waals surface area contributed by atoms with Crippen molar-refractivity contribution in [1.29, 1.82) is 0 Å². The Labute approximate surface area is 191 Å². The molecule has 0 aliphatic heterocycles. The molecule has 0 aliphatic rings. The molecule has 3 rings (SSSR count). The molecule has 1 atom stereocenters. The maximum atomic E-state index is 12.6. The lowest BCUT2D eigenvalue weighted by Crippen LogP contribution is -2.30. The zero-order valence-corrected chi connectivity index (χ0v) is 19.1. The Hall–Kier alpha value is -3.39. The fourth-order valence-corrected chi connectivity index (χ4v) is 3.26. The molecule has 1 N–H and O–H groups in total. The molecule has 8 nitrogen and oxygen atoms in total. The van der Waals surface area contributed by atoms with E-state index in [0.29, 0.717) is 40.4 Å². The predicted octanol–water partition coefficient (Wildman–Crippen LogP) is 4.72. The molecule has 32 heavy (non-hydrogen) atoms. The molecule has 3 aromatic rings. The number of halogens is 1. The zero-order chi connectivity index (χ0) is 23.1. The van der Waals surface area contributed by atoms with Gasteiger partial charge in [-0.25, -0.2) is 0 Å². The van der Waals surface area contributed by atoms with E-state index >= 15 is 0 Å². The second kappa shape index (κ2) is 10.8. The predicted molar refractivity (Wildman–Crippen MR) is 121 cm³/mol. The number of ether oxygens (including phenoxy) is 2. The molecule has 0 fully saturated rings. The molecule has 1 aromatic carbocycles. The number of carbonyl (C=O) groups is 1. The van der Waals surface area contributed by atoms with Crippen molar-refractivity contribution in [2.45, 2.75) is 26.8 Å². The number of hydrogen-bond acceptors (Lipinski definition) is 7. The molecule has 2 heterocycles. The van der Waals surface area contributed by atoms with Crippen molar-refractivity contribution >= 4 is 23.6 Å². The van der Waals surface area contributed by atoms with Gasteiger partial charge in [-0.15, -0.1) is 0 Å². The maximum Gasteiger partial charge on any atom is 0.249 e. The molecule has 1 amide bonds. The third-order valence-corrected chi connectivity index (χ3v) is 4.86. The van der Waals surface area contributed by atoms with E-state index in [4.69, 9.17) is 25.6 Å². The van der Waals surface area contributed by atoms with Crippen LogP contribution < -0.4 is 14.8 Å². The van der Waals surface area contributed by atoms with Crippen LogP contribution in [0.1, 0.15) is 38.3 Å². The lowest BCUT2D eigenvalue weighted by atomic mass is 10.0. The first-order valence-electron chi connectivity index (χ1n) is 10.2. The molecule has 0 spiro atoms. The number of carbonyl (C=O) groups excluding carboxylic acids is 1. The van der Waals surface area contributed by atoms with E-state index in [-0.39, 0.29) is 11.8 Å². The summed E-state index contributed by atoms with van der Waals surface area (Å²) >= 11 is 6.30. The molecule has 9 heteroatoms. The highest BCUT2D eigenvalue weighted by molar-refractivity contribution is 6.32. The first-order chi connectivity index (χ1) is 15.4. The highest BCUT2D eigenvalue weighted by Crippen LogP contribution is 2.36. The van der Waals surface area contributed by atoms with Crippen molar-refractivity contribution in [2.24, 2.45) is 5.92 Å². The first kappa shape index (κ1) is 23.3. The second-order valence-electron chi connectivity index (χ2n) is 7.22. The lowest BCUT2D eigenvalue weighted by molar-refractivity contribution is -0.117. The largest absolute Gasteiger partial charge is 0.493 e. The van der Waals surface area contributed by atoms with Gasteiger partial charge in [0.2, 0.25) is 17.6 Å². The van der Waals surface area contributed by atoms with Gasteiger partial charge in [-0.05, 0) is 48.7 Å². The second-order valence-corrected chi connectivity index (χ2v) is 7.63. The van der Waals surface area contributed by atoms with Gasteiger partial charge in [0.05, 0.1) is 18.7 Å². The summed E-state index contributed by atoms with van der Waals surface area (Å²) in [4.78, 5) is 21.0. The number of benzene rings is 1. The fourth-order valence-electron chi connectivity index (χ4n) is 2.99. The van der Waals surface area contributed by atoms with Crippen LogP contribution in [0.5, 0.6) is 11.5 Å². The smallest absolute Gasteiger partial charge is 0.249 e. The van der Waals surface area contributed by atoms with Crippen molar-refractivity contribution in [1.82, 2.24) is 20.4 Å². The fraction of sp³-hybridized carbons (Fsp3) is 0.304. The normalized spacial score (nSPS) is 12.2. The van der Waals surface area contributed by atoms with Gasteiger partial charge >= 0.3 is 0 Å². The Balaban J connectivity index is 1.74. The monoisotopic (exact) mass is 456 g/mol. The molecule has 1 unspecified atom stereocenters. The van der Waals surface area contributed by atoms with E-state index in [1.807, 2.05) is 20.8 Å².